The fraction of sp³-hybridized carbons (Fsp3) is 0.333. The Morgan fingerprint density at radius 1 is 0.938 bits per heavy atom. The van der Waals surface area contributed by atoms with Crippen molar-refractivity contribution in [3.63, 3.8) is 0 Å². The van der Waals surface area contributed by atoms with Crippen LogP contribution in [0.15, 0.2) is 54.7 Å². The first-order chi connectivity index (χ1) is 15.4. The predicted molar refractivity (Wildman–Crippen MR) is 121 cm³/mol. The van der Waals surface area contributed by atoms with Crippen molar-refractivity contribution in [3.05, 3.63) is 65.9 Å². The molecule has 0 fully saturated rings. The third kappa shape index (κ3) is 6.60. The van der Waals surface area contributed by atoms with Crippen molar-refractivity contribution in [2.75, 3.05) is 17.2 Å². The first-order valence-electron chi connectivity index (χ1n) is 10.7. The molecule has 0 atom stereocenters. The summed E-state index contributed by atoms with van der Waals surface area (Å²) in [5, 5.41) is 5.77. The van der Waals surface area contributed by atoms with Crippen LogP contribution < -0.4 is 15.4 Å². The van der Waals surface area contributed by atoms with E-state index in [-0.39, 0.29) is 11.8 Å². The molecule has 3 rings (SSSR count). The largest absolute Gasteiger partial charge is 0.494 e. The Balaban J connectivity index is 1.82. The van der Waals surface area contributed by atoms with Gasteiger partial charge >= 0.3 is 6.18 Å². The highest BCUT2D eigenvalue weighted by Crippen LogP contribution is 2.35. The summed E-state index contributed by atoms with van der Waals surface area (Å²) in [5.74, 6) is 0.478. The first-order valence-corrected chi connectivity index (χ1v) is 10.7. The molecule has 0 saturated heterocycles. The molecule has 1 aromatic heterocycles. The summed E-state index contributed by atoms with van der Waals surface area (Å²) < 4.78 is 46.2. The molecule has 8 heteroatoms. The number of alkyl halides is 3. The molecule has 0 unspecified atom stereocenters. The Morgan fingerprint density at radius 2 is 1.72 bits per heavy atom. The zero-order chi connectivity index (χ0) is 23.0. The average molecular weight is 445 g/mol. The Kier molecular flexibility index (Phi) is 7.92. The monoisotopic (exact) mass is 444 g/mol. The molecule has 0 bridgehead atoms. The number of anilines is 4. The summed E-state index contributed by atoms with van der Waals surface area (Å²) >= 11 is 0. The van der Waals surface area contributed by atoms with Crippen molar-refractivity contribution >= 4 is 23.1 Å². The van der Waals surface area contributed by atoms with Crippen LogP contribution in [0.25, 0.3) is 0 Å². The lowest BCUT2D eigenvalue weighted by Crippen LogP contribution is -2.12. The highest BCUT2D eigenvalue weighted by molar-refractivity contribution is 5.63. The molecule has 0 amide bonds. The number of hydrogen-bond donors (Lipinski definition) is 2. The Labute approximate surface area is 186 Å². The SMILES string of the molecule is CCCCc1cccc(Nc2nc(Nc3ccc(OCCC)cc3)ncc2C(F)(F)F)c1. The molecule has 5 nitrogen and oxygen atoms in total. The van der Waals surface area contributed by atoms with E-state index in [1.165, 1.54) is 0 Å². The average Bonchev–Trinajstić information content (AvgIpc) is 2.77. The topological polar surface area (TPSA) is 59.1 Å². The van der Waals surface area contributed by atoms with Gasteiger partial charge in [0.1, 0.15) is 17.1 Å². The number of nitrogens with zero attached hydrogens (tertiary/aromatic N) is 2. The molecule has 0 radical (unpaired) electrons. The van der Waals surface area contributed by atoms with Gasteiger partial charge in [0.2, 0.25) is 5.95 Å². The van der Waals surface area contributed by atoms with Gasteiger partial charge in [-0.05, 0) is 61.2 Å². The predicted octanol–water partition coefficient (Wildman–Crippen LogP) is 7.11. The van der Waals surface area contributed by atoms with Crippen LogP contribution in [0, 0.1) is 0 Å². The summed E-state index contributed by atoms with van der Waals surface area (Å²) in [5.41, 5.74) is 1.32. The zero-order valence-corrected chi connectivity index (χ0v) is 18.2. The summed E-state index contributed by atoms with van der Waals surface area (Å²) in [7, 11) is 0. The van der Waals surface area contributed by atoms with Gasteiger partial charge in [0.05, 0.1) is 6.61 Å². The standard InChI is InChI=1S/C24H27F3N4O/c1-3-5-7-17-8-6-9-19(15-17)29-22-21(24(25,26)27)16-28-23(31-22)30-18-10-12-20(13-11-18)32-14-4-2/h6,8-13,15-16H,3-5,7,14H2,1-2H3,(H2,28,29,30,31). The van der Waals surface area contributed by atoms with E-state index in [9.17, 15) is 13.2 Å². The molecule has 0 aliphatic rings. The maximum absolute atomic E-state index is 13.5. The fourth-order valence-corrected chi connectivity index (χ4v) is 3.05. The smallest absolute Gasteiger partial charge is 0.421 e. The van der Waals surface area contributed by atoms with Crippen molar-refractivity contribution in [1.29, 1.82) is 0 Å². The minimum Gasteiger partial charge on any atom is -0.494 e. The van der Waals surface area contributed by atoms with E-state index in [1.54, 1.807) is 30.3 Å². The van der Waals surface area contributed by atoms with Crippen LogP contribution in [0.2, 0.25) is 0 Å². The third-order valence-corrected chi connectivity index (χ3v) is 4.69. The van der Waals surface area contributed by atoms with Crippen LogP contribution in [-0.2, 0) is 12.6 Å². The van der Waals surface area contributed by atoms with Crippen molar-refractivity contribution in [1.82, 2.24) is 9.97 Å². The molecule has 2 N–H and O–H groups in total. The number of aromatic nitrogens is 2. The third-order valence-electron chi connectivity index (χ3n) is 4.69. The van der Waals surface area contributed by atoms with E-state index in [0.29, 0.717) is 18.0 Å². The van der Waals surface area contributed by atoms with E-state index < -0.39 is 11.7 Å². The van der Waals surface area contributed by atoms with E-state index >= 15 is 0 Å². The lowest BCUT2D eigenvalue weighted by atomic mass is 10.1. The minimum absolute atomic E-state index is 0.0601. The van der Waals surface area contributed by atoms with Gasteiger partial charge in [0.25, 0.3) is 0 Å². The molecule has 0 aliphatic carbocycles. The number of hydrogen-bond acceptors (Lipinski definition) is 5. The van der Waals surface area contributed by atoms with Gasteiger partial charge in [-0.25, -0.2) is 4.98 Å². The summed E-state index contributed by atoms with van der Waals surface area (Å²) in [4.78, 5) is 7.97. The highest BCUT2D eigenvalue weighted by atomic mass is 19.4. The lowest BCUT2D eigenvalue weighted by Gasteiger charge is -2.15. The highest BCUT2D eigenvalue weighted by Gasteiger charge is 2.35. The number of nitrogens with one attached hydrogen (secondary N) is 2. The normalized spacial score (nSPS) is 11.3. The fourth-order valence-electron chi connectivity index (χ4n) is 3.05. The molecule has 170 valence electrons. The number of benzene rings is 2. The minimum atomic E-state index is -4.58. The van der Waals surface area contributed by atoms with Gasteiger partial charge in [-0.15, -0.1) is 0 Å². The van der Waals surface area contributed by atoms with Gasteiger partial charge in [0, 0.05) is 17.6 Å². The number of ether oxygens (including phenoxy) is 1. The van der Waals surface area contributed by atoms with Gasteiger partial charge in [-0.1, -0.05) is 32.4 Å². The molecule has 2 aromatic carbocycles. The molecule has 0 saturated carbocycles. The van der Waals surface area contributed by atoms with Crippen LogP contribution in [-0.4, -0.2) is 16.6 Å². The molecule has 3 aromatic rings. The second-order valence-electron chi connectivity index (χ2n) is 7.38. The summed E-state index contributed by atoms with van der Waals surface area (Å²) in [6, 6.07) is 14.4. The molecular formula is C24H27F3N4O. The summed E-state index contributed by atoms with van der Waals surface area (Å²) in [6.45, 7) is 4.73. The van der Waals surface area contributed by atoms with Crippen molar-refractivity contribution in [3.8, 4) is 5.75 Å². The second-order valence-corrected chi connectivity index (χ2v) is 7.38. The second kappa shape index (κ2) is 10.8. The van der Waals surface area contributed by atoms with E-state index in [2.05, 4.69) is 27.5 Å². The molecular weight excluding hydrogens is 417 g/mol. The summed E-state index contributed by atoms with van der Waals surface area (Å²) in [6.07, 6.45) is 0.0310. The maximum Gasteiger partial charge on any atom is 0.421 e. The maximum atomic E-state index is 13.5. The van der Waals surface area contributed by atoms with Gasteiger partial charge in [0.15, 0.2) is 0 Å². The van der Waals surface area contributed by atoms with Crippen LogP contribution in [0.4, 0.5) is 36.3 Å². The Morgan fingerprint density at radius 3 is 2.41 bits per heavy atom. The van der Waals surface area contributed by atoms with Crippen LogP contribution in [0.5, 0.6) is 5.75 Å². The van der Waals surface area contributed by atoms with Crippen LogP contribution >= 0.6 is 0 Å². The number of aryl methyl sites for hydroxylation is 1. The van der Waals surface area contributed by atoms with E-state index in [4.69, 9.17) is 4.74 Å². The van der Waals surface area contributed by atoms with Crippen LogP contribution in [0.1, 0.15) is 44.2 Å². The molecule has 0 spiro atoms. The Bertz CT molecular complexity index is 1010. The first kappa shape index (κ1) is 23.4. The quantitative estimate of drug-likeness (QED) is 0.349. The van der Waals surface area contributed by atoms with Gasteiger partial charge in [-0.2, -0.15) is 18.2 Å². The molecule has 32 heavy (non-hydrogen) atoms. The molecule has 1 heterocycles. The van der Waals surface area contributed by atoms with E-state index in [1.807, 2.05) is 25.1 Å². The van der Waals surface area contributed by atoms with Crippen molar-refractivity contribution < 1.29 is 17.9 Å². The van der Waals surface area contributed by atoms with Gasteiger partial charge in [-0.3, -0.25) is 0 Å². The lowest BCUT2D eigenvalue weighted by molar-refractivity contribution is -0.137. The number of unbranched alkanes of at least 4 members (excludes halogenated alkanes) is 1. The van der Waals surface area contributed by atoms with E-state index in [0.717, 1.165) is 43.2 Å². The number of rotatable bonds is 10. The zero-order valence-electron chi connectivity index (χ0n) is 18.2. The number of halogens is 3. The van der Waals surface area contributed by atoms with Crippen molar-refractivity contribution in [2.45, 2.75) is 45.7 Å². The Hall–Kier alpha value is -3.29. The van der Waals surface area contributed by atoms with Crippen LogP contribution in [0.3, 0.4) is 0 Å². The molecule has 0 aliphatic heterocycles. The van der Waals surface area contributed by atoms with Crippen molar-refractivity contribution in [2.24, 2.45) is 0 Å². The van der Waals surface area contributed by atoms with Gasteiger partial charge < -0.3 is 15.4 Å².